The molecule has 0 radical (unpaired) electrons. The molecule has 1 unspecified atom stereocenters. The van der Waals surface area contributed by atoms with Crippen LogP contribution in [0.1, 0.15) is 18.5 Å². The van der Waals surface area contributed by atoms with Gasteiger partial charge >= 0.3 is 0 Å². The van der Waals surface area contributed by atoms with Gasteiger partial charge in [0, 0.05) is 28.0 Å². The first-order valence-electron chi connectivity index (χ1n) is 10.7. The van der Waals surface area contributed by atoms with E-state index in [1.807, 2.05) is 31.2 Å². The molecule has 1 aliphatic heterocycles. The molecule has 1 atom stereocenters. The summed E-state index contributed by atoms with van der Waals surface area (Å²) in [6.07, 6.45) is 3.23. The van der Waals surface area contributed by atoms with Crippen LogP contribution in [0.15, 0.2) is 78.3 Å². The van der Waals surface area contributed by atoms with Crippen LogP contribution in [0.2, 0.25) is 10.0 Å². The minimum atomic E-state index is -0.619. The number of fused-ring (bicyclic) bond motifs is 1. The molecule has 0 bridgehead atoms. The smallest absolute Gasteiger partial charge is 0.255 e. The first kappa shape index (κ1) is 22.9. The molecule has 5 rings (SSSR count). The van der Waals surface area contributed by atoms with Crippen molar-refractivity contribution in [2.75, 3.05) is 17.7 Å². The lowest BCUT2D eigenvalue weighted by Gasteiger charge is -2.29. The van der Waals surface area contributed by atoms with E-state index in [2.05, 4.69) is 20.6 Å². The van der Waals surface area contributed by atoms with Gasteiger partial charge in [-0.2, -0.15) is 4.98 Å². The van der Waals surface area contributed by atoms with Gasteiger partial charge in [0.2, 0.25) is 5.95 Å². The van der Waals surface area contributed by atoms with E-state index < -0.39 is 6.04 Å². The second kappa shape index (κ2) is 9.40. The van der Waals surface area contributed by atoms with Gasteiger partial charge in [0.15, 0.2) is 5.82 Å². The van der Waals surface area contributed by atoms with Gasteiger partial charge in [-0.15, -0.1) is 5.10 Å². The number of pyridine rings is 1. The number of hydrogen-bond donors (Lipinski definition) is 2. The lowest BCUT2D eigenvalue weighted by molar-refractivity contribution is -0.113. The van der Waals surface area contributed by atoms with Gasteiger partial charge in [-0.3, -0.25) is 9.78 Å². The van der Waals surface area contributed by atoms with Gasteiger partial charge in [-0.25, -0.2) is 4.68 Å². The highest BCUT2D eigenvalue weighted by Crippen LogP contribution is 2.40. The van der Waals surface area contributed by atoms with Gasteiger partial charge in [-0.05, 0) is 43.3 Å². The fourth-order valence-electron chi connectivity index (χ4n) is 4.05. The Morgan fingerprint density at radius 1 is 1.14 bits per heavy atom. The molecule has 1 aliphatic rings. The summed E-state index contributed by atoms with van der Waals surface area (Å²) in [5, 5.41) is 11.8. The number of para-hydroxylation sites is 1. The molecule has 0 saturated heterocycles. The largest absolute Gasteiger partial charge is 0.496 e. The highest BCUT2D eigenvalue weighted by Gasteiger charge is 2.36. The number of aromatic nitrogens is 4. The van der Waals surface area contributed by atoms with Crippen molar-refractivity contribution in [3.8, 4) is 17.1 Å². The molecule has 35 heavy (non-hydrogen) atoms. The number of hydrogen-bond acceptors (Lipinski definition) is 6. The van der Waals surface area contributed by atoms with Crippen molar-refractivity contribution in [1.82, 2.24) is 19.7 Å². The lowest BCUT2D eigenvalue weighted by Crippen LogP contribution is -2.31. The standard InChI is InChI=1S/C25H20Cl2N6O2/c1-14-21(24(34)30-16-6-5-11-28-13-16)22(18-7-3-4-8-20(18)35-2)33-25(29-14)31-23(32-33)17-10-9-15(26)12-19(17)27/h3-13,22H,1-2H3,(H,30,34)(H,29,31,32). The first-order chi connectivity index (χ1) is 17.0. The third-order valence-corrected chi connectivity index (χ3v) is 6.17. The van der Waals surface area contributed by atoms with Gasteiger partial charge in [0.25, 0.3) is 5.91 Å². The maximum Gasteiger partial charge on any atom is 0.255 e. The van der Waals surface area contributed by atoms with Crippen molar-refractivity contribution in [3.63, 3.8) is 0 Å². The molecule has 2 N–H and O–H groups in total. The average molecular weight is 507 g/mol. The normalized spacial score (nSPS) is 14.8. The molecule has 0 aliphatic carbocycles. The van der Waals surface area contributed by atoms with Crippen LogP contribution in [-0.4, -0.2) is 32.8 Å². The lowest BCUT2D eigenvalue weighted by atomic mass is 9.94. The number of benzene rings is 2. The second-order valence-corrected chi connectivity index (χ2v) is 8.68. The van der Waals surface area contributed by atoms with Crippen LogP contribution in [0.5, 0.6) is 5.75 Å². The van der Waals surface area contributed by atoms with E-state index in [1.165, 1.54) is 0 Å². The number of methoxy groups -OCH3 is 1. The Kier molecular flexibility index (Phi) is 6.15. The summed E-state index contributed by atoms with van der Waals surface area (Å²) in [6.45, 7) is 1.83. The first-order valence-corrected chi connectivity index (χ1v) is 11.5. The fourth-order valence-corrected chi connectivity index (χ4v) is 4.54. The van der Waals surface area contributed by atoms with Gasteiger partial charge in [0.1, 0.15) is 11.8 Å². The quantitative estimate of drug-likeness (QED) is 0.366. The molecular formula is C25H20Cl2N6O2. The molecule has 2 aromatic heterocycles. The number of ether oxygens (including phenoxy) is 1. The Bertz CT molecular complexity index is 1450. The van der Waals surface area contributed by atoms with Crippen LogP contribution < -0.4 is 15.4 Å². The van der Waals surface area contributed by atoms with Crippen LogP contribution in [-0.2, 0) is 4.79 Å². The highest BCUT2D eigenvalue weighted by molar-refractivity contribution is 6.36. The van der Waals surface area contributed by atoms with Gasteiger partial charge in [0.05, 0.1) is 29.6 Å². The molecule has 176 valence electrons. The van der Waals surface area contributed by atoms with Crippen LogP contribution in [0.4, 0.5) is 11.6 Å². The molecule has 1 amide bonds. The average Bonchev–Trinajstić information content (AvgIpc) is 3.26. The maximum absolute atomic E-state index is 13.6. The maximum atomic E-state index is 13.6. The van der Waals surface area contributed by atoms with Crippen molar-refractivity contribution in [1.29, 1.82) is 0 Å². The van der Waals surface area contributed by atoms with Crippen LogP contribution in [0.3, 0.4) is 0 Å². The Morgan fingerprint density at radius 3 is 2.71 bits per heavy atom. The molecular weight excluding hydrogens is 487 g/mol. The van der Waals surface area contributed by atoms with Gasteiger partial charge in [-0.1, -0.05) is 41.4 Å². The third-order valence-electron chi connectivity index (χ3n) is 5.62. The summed E-state index contributed by atoms with van der Waals surface area (Å²) >= 11 is 12.5. The Hall–Kier alpha value is -3.88. The molecule has 0 fully saturated rings. The van der Waals surface area contributed by atoms with Crippen molar-refractivity contribution < 1.29 is 9.53 Å². The van der Waals surface area contributed by atoms with Gasteiger partial charge < -0.3 is 15.4 Å². The van der Waals surface area contributed by atoms with E-state index in [0.717, 1.165) is 5.56 Å². The van der Waals surface area contributed by atoms with Crippen molar-refractivity contribution in [2.45, 2.75) is 13.0 Å². The third kappa shape index (κ3) is 4.34. The van der Waals surface area contributed by atoms with E-state index in [0.29, 0.717) is 50.1 Å². The van der Waals surface area contributed by atoms with E-state index in [-0.39, 0.29) is 5.91 Å². The number of nitrogens with zero attached hydrogens (tertiary/aromatic N) is 4. The van der Waals surface area contributed by atoms with Crippen LogP contribution in [0, 0.1) is 0 Å². The second-order valence-electron chi connectivity index (χ2n) is 7.83. The molecule has 2 aromatic carbocycles. The van der Waals surface area contributed by atoms with E-state index >= 15 is 0 Å². The Labute approximate surface area is 211 Å². The molecule has 10 heteroatoms. The number of carbonyl (C=O) groups is 1. The summed E-state index contributed by atoms with van der Waals surface area (Å²) in [5.74, 6) is 1.19. The zero-order valence-electron chi connectivity index (χ0n) is 18.8. The molecule has 3 heterocycles. The Morgan fingerprint density at radius 2 is 1.97 bits per heavy atom. The fraction of sp³-hybridized carbons (Fsp3) is 0.120. The summed E-state index contributed by atoms with van der Waals surface area (Å²) in [4.78, 5) is 22.3. The predicted octanol–water partition coefficient (Wildman–Crippen LogP) is 5.58. The summed E-state index contributed by atoms with van der Waals surface area (Å²) in [5.41, 5.74) is 3.06. The molecule has 4 aromatic rings. The van der Waals surface area contributed by atoms with E-state index in [1.54, 1.807) is 54.5 Å². The monoisotopic (exact) mass is 506 g/mol. The number of nitrogens with one attached hydrogen (secondary N) is 2. The number of carbonyl (C=O) groups excluding carboxylic acids is 1. The SMILES string of the molecule is COc1ccccc1C1C(C(=O)Nc2cccnc2)=C(C)Nc2nc(-c3ccc(Cl)cc3Cl)nn21. The zero-order valence-corrected chi connectivity index (χ0v) is 20.3. The number of anilines is 2. The van der Waals surface area contributed by atoms with Crippen LogP contribution >= 0.6 is 23.2 Å². The minimum Gasteiger partial charge on any atom is -0.496 e. The van der Waals surface area contributed by atoms with E-state index in [9.17, 15) is 4.79 Å². The van der Waals surface area contributed by atoms with Crippen molar-refractivity contribution in [2.24, 2.45) is 0 Å². The van der Waals surface area contributed by atoms with Crippen LogP contribution in [0.25, 0.3) is 11.4 Å². The molecule has 0 spiro atoms. The number of amides is 1. The highest BCUT2D eigenvalue weighted by atomic mass is 35.5. The molecule has 0 saturated carbocycles. The summed E-state index contributed by atoms with van der Waals surface area (Å²) in [6, 6.07) is 15.5. The number of halogens is 2. The predicted molar refractivity (Wildman–Crippen MR) is 136 cm³/mol. The van der Waals surface area contributed by atoms with E-state index in [4.69, 9.17) is 33.0 Å². The topological polar surface area (TPSA) is 94.0 Å². The van der Waals surface area contributed by atoms with Crippen molar-refractivity contribution >= 4 is 40.7 Å². The molecule has 8 nitrogen and oxygen atoms in total. The number of allylic oxidation sites excluding steroid dienone is 1. The Balaban J connectivity index is 1.65. The minimum absolute atomic E-state index is 0.300. The summed E-state index contributed by atoms with van der Waals surface area (Å²) < 4.78 is 7.31. The zero-order chi connectivity index (χ0) is 24.5. The summed E-state index contributed by atoms with van der Waals surface area (Å²) in [7, 11) is 1.59. The van der Waals surface area contributed by atoms with Crippen molar-refractivity contribution in [3.05, 3.63) is 93.9 Å². The number of rotatable bonds is 5.